The molecular weight excluding hydrogens is 568 g/mol. The van der Waals surface area contributed by atoms with Crippen LogP contribution < -0.4 is 0 Å². The normalized spacial score (nSPS) is 57.7. The van der Waals surface area contributed by atoms with Gasteiger partial charge >= 0.3 is 5.97 Å². The van der Waals surface area contributed by atoms with Crippen LogP contribution in [0.3, 0.4) is 0 Å². The van der Waals surface area contributed by atoms with Gasteiger partial charge in [-0.25, -0.2) is 0 Å². The van der Waals surface area contributed by atoms with Gasteiger partial charge in [0, 0.05) is 18.3 Å². The molecule has 258 valence electrons. The van der Waals surface area contributed by atoms with Crippen LogP contribution in [-0.4, -0.2) is 30.6 Å². The van der Waals surface area contributed by atoms with Gasteiger partial charge in [-0.15, -0.1) is 0 Å². The van der Waals surface area contributed by atoms with Gasteiger partial charge in [0.25, 0.3) is 0 Å². The van der Waals surface area contributed by atoms with E-state index in [2.05, 4.69) is 41.5 Å². The van der Waals surface area contributed by atoms with E-state index in [4.69, 9.17) is 14.2 Å². The summed E-state index contributed by atoms with van der Waals surface area (Å²) in [5, 5.41) is 0. The maximum atomic E-state index is 12.0. The van der Waals surface area contributed by atoms with Gasteiger partial charge < -0.3 is 14.2 Å². The minimum atomic E-state index is -0.110. The molecule has 4 bridgehead atoms. The molecule has 46 heavy (non-hydrogen) atoms. The summed E-state index contributed by atoms with van der Waals surface area (Å²) in [6.07, 6.45) is 23.2. The summed E-state index contributed by atoms with van der Waals surface area (Å²) in [5.74, 6) is 5.18. The Hall–Kier alpha value is -0.610. The van der Waals surface area contributed by atoms with E-state index in [1.165, 1.54) is 103 Å². The van der Waals surface area contributed by atoms with Gasteiger partial charge in [-0.3, -0.25) is 4.79 Å². The minimum Gasteiger partial charge on any atom is -0.462 e. The summed E-state index contributed by atoms with van der Waals surface area (Å²) >= 11 is 0. The zero-order chi connectivity index (χ0) is 32.1. The molecule has 1 saturated heterocycles. The van der Waals surface area contributed by atoms with Crippen molar-refractivity contribution in [3.63, 3.8) is 0 Å². The van der Waals surface area contributed by atoms with Gasteiger partial charge in [-0.2, -0.15) is 0 Å². The average molecular weight is 635 g/mol. The predicted molar refractivity (Wildman–Crippen MR) is 181 cm³/mol. The molecular formula is C42H66O4. The highest BCUT2D eigenvalue weighted by atomic mass is 16.7. The minimum absolute atomic E-state index is 0.0344. The highest BCUT2D eigenvalue weighted by Crippen LogP contribution is 2.76. The van der Waals surface area contributed by atoms with Crippen LogP contribution in [0.15, 0.2) is 0 Å². The lowest BCUT2D eigenvalue weighted by Crippen LogP contribution is -2.59. The SMILES string of the molecule is CC(=O)OC1CCC2(C)C3CCC4CC3(CCC2C1(C)C)CC41COC(C2CC34CCC5C(C)(C)CCCC5(C)C3CCC2C4)O1. The van der Waals surface area contributed by atoms with Crippen LogP contribution >= 0.6 is 0 Å². The number of carbonyl (C=O) groups is 1. The summed E-state index contributed by atoms with van der Waals surface area (Å²) in [6, 6.07) is 0. The number of carbonyl (C=O) groups excluding carboxylic acids is 1. The molecule has 9 aliphatic rings. The van der Waals surface area contributed by atoms with E-state index < -0.39 is 0 Å². The fourth-order valence-corrected chi connectivity index (χ4v) is 17.4. The second kappa shape index (κ2) is 9.79. The third-order valence-electron chi connectivity index (χ3n) is 18.8. The van der Waals surface area contributed by atoms with Crippen molar-refractivity contribution in [3.05, 3.63) is 0 Å². The van der Waals surface area contributed by atoms with Crippen LogP contribution in [0.5, 0.6) is 0 Å². The molecule has 9 rings (SSSR count). The molecule has 1 aliphatic heterocycles. The van der Waals surface area contributed by atoms with E-state index in [1.807, 2.05) is 0 Å². The molecule has 1 heterocycles. The van der Waals surface area contributed by atoms with Crippen LogP contribution in [0.4, 0.5) is 0 Å². The third kappa shape index (κ3) is 4.01. The molecule has 0 radical (unpaired) electrons. The molecule has 9 fully saturated rings. The summed E-state index contributed by atoms with van der Waals surface area (Å²) in [7, 11) is 0. The molecule has 8 saturated carbocycles. The second-order valence-electron chi connectivity index (χ2n) is 21.3. The first kappa shape index (κ1) is 31.4. The monoisotopic (exact) mass is 634 g/mol. The second-order valence-corrected chi connectivity index (χ2v) is 21.3. The first-order valence-electron chi connectivity index (χ1n) is 20.1. The largest absolute Gasteiger partial charge is 0.462 e. The molecule has 4 heteroatoms. The molecule has 8 aliphatic carbocycles. The van der Waals surface area contributed by atoms with Crippen molar-refractivity contribution in [2.45, 2.75) is 176 Å². The van der Waals surface area contributed by atoms with Crippen molar-refractivity contribution < 1.29 is 19.0 Å². The Morgan fingerprint density at radius 1 is 0.696 bits per heavy atom. The van der Waals surface area contributed by atoms with E-state index >= 15 is 0 Å². The van der Waals surface area contributed by atoms with Crippen LogP contribution in [0.25, 0.3) is 0 Å². The molecule has 0 aromatic carbocycles. The first-order chi connectivity index (χ1) is 21.7. The van der Waals surface area contributed by atoms with E-state index in [0.29, 0.717) is 44.8 Å². The Morgan fingerprint density at radius 2 is 1.41 bits per heavy atom. The van der Waals surface area contributed by atoms with Crippen molar-refractivity contribution >= 4 is 5.97 Å². The Morgan fingerprint density at radius 3 is 2.22 bits per heavy atom. The average Bonchev–Trinajstić information content (AvgIpc) is 3.58. The zero-order valence-electron chi connectivity index (χ0n) is 30.6. The Labute approximate surface area is 280 Å². The highest BCUT2D eigenvalue weighted by molar-refractivity contribution is 5.66. The van der Waals surface area contributed by atoms with Gasteiger partial charge in [0.2, 0.25) is 0 Å². The van der Waals surface area contributed by atoms with Crippen molar-refractivity contribution in [2.75, 3.05) is 6.61 Å². The molecule has 14 unspecified atom stereocenters. The number of hydrogen-bond donors (Lipinski definition) is 0. The Balaban J connectivity index is 0.933. The van der Waals surface area contributed by atoms with Crippen LogP contribution in [0.1, 0.15) is 158 Å². The smallest absolute Gasteiger partial charge is 0.302 e. The summed E-state index contributed by atoms with van der Waals surface area (Å²) in [6.45, 7) is 17.8. The number of ether oxygens (including phenoxy) is 3. The molecule has 0 aromatic heterocycles. The highest BCUT2D eigenvalue weighted by Gasteiger charge is 2.71. The zero-order valence-corrected chi connectivity index (χ0v) is 30.6. The van der Waals surface area contributed by atoms with Crippen LogP contribution in [-0.2, 0) is 19.0 Å². The number of hydrogen-bond acceptors (Lipinski definition) is 4. The van der Waals surface area contributed by atoms with Crippen molar-refractivity contribution in [2.24, 2.45) is 73.9 Å². The summed E-state index contributed by atoms with van der Waals surface area (Å²) in [4.78, 5) is 12.0. The van der Waals surface area contributed by atoms with E-state index in [0.717, 1.165) is 36.7 Å². The summed E-state index contributed by atoms with van der Waals surface area (Å²) < 4.78 is 20.4. The van der Waals surface area contributed by atoms with Gasteiger partial charge in [-0.1, -0.05) is 48.0 Å². The Bertz CT molecular complexity index is 1270. The van der Waals surface area contributed by atoms with E-state index in [-0.39, 0.29) is 29.4 Å². The standard InChI is InChI=1S/C42H66O4/c1-26(43)45-34-15-18-39(7)31(37(34,4)5)14-20-41-22-28(10-12-33(39)41)42(24-41)25-44-35(46-42)29-23-40-19-13-30-36(2,3)16-8-17-38(30,6)32(40)11-9-27(29)21-40/h27-35H,8-25H2,1-7H3. The number of fused-ring (bicyclic) bond motifs is 7. The van der Waals surface area contributed by atoms with Crippen LogP contribution in [0, 0.1) is 73.9 Å². The van der Waals surface area contributed by atoms with Crippen molar-refractivity contribution in [3.8, 4) is 0 Å². The lowest BCUT2D eigenvalue weighted by Gasteiger charge is -2.65. The lowest BCUT2D eigenvalue weighted by molar-refractivity contribution is -0.197. The maximum absolute atomic E-state index is 12.0. The molecule has 14 atom stereocenters. The van der Waals surface area contributed by atoms with Crippen LogP contribution in [0.2, 0.25) is 0 Å². The van der Waals surface area contributed by atoms with Gasteiger partial charge in [-0.05, 0) is 165 Å². The molecule has 0 aromatic rings. The first-order valence-corrected chi connectivity index (χ1v) is 20.1. The third-order valence-corrected chi connectivity index (χ3v) is 18.8. The lowest BCUT2D eigenvalue weighted by atomic mass is 9.41. The van der Waals surface area contributed by atoms with Gasteiger partial charge in [0.1, 0.15) is 6.10 Å². The van der Waals surface area contributed by atoms with Crippen molar-refractivity contribution in [1.29, 1.82) is 0 Å². The fourth-order valence-electron chi connectivity index (χ4n) is 17.4. The van der Waals surface area contributed by atoms with E-state index in [9.17, 15) is 4.79 Å². The number of rotatable bonds is 2. The van der Waals surface area contributed by atoms with E-state index in [1.54, 1.807) is 6.92 Å². The maximum Gasteiger partial charge on any atom is 0.302 e. The summed E-state index contributed by atoms with van der Waals surface area (Å²) in [5.41, 5.74) is 2.33. The predicted octanol–water partition coefficient (Wildman–Crippen LogP) is 10.1. The quantitative estimate of drug-likeness (QED) is 0.284. The van der Waals surface area contributed by atoms with Gasteiger partial charge in [0.15, 0.2) is 6.29 Å². The molecule has 3 spiro atoms. The molecule has 4 nitrogen and oxygen atoms in total. The van der Waals surface area contributed by atoms with Crippen molar-refractivity contribution in [1.82, 2.24) is 0 Å². The topological polar surface area (TPSA) is 44.8 Å². The van der Waals surface area contributed by atoms with Gasteiger partial charge in [0.05, 0.1) is 12.2 Å². The molecule has 0 amide bonds. The Kier molecular flexibility index (Phi) is 6.68. The molecule has 0 N–H and O–H groups in total. The fraction of sp³-hybridized carbons (Fsp3) is 0.976. The number of esters is 1.